The number of urea groups is 1. The highest BCUT2D eigenvalue weighted by Gasteiger charge is 2.41. The molecule has 202 valence electrons. The van der Waals surface area contributed by atoms with Gasteiger partial charge in [0.2, 0.25) is 0 Å². The minimum atomic E-state index is -3.99. The summed E-state index contributed by atoms with van der Waals surface area (Å²) in [7, 11) is -3.99. The zero-order valence-corrected chi connectivity index (χ0v) is 22.6. The van der Waals surface area contributed by atoms with Crippen LogP contribution in [0.5, 0.6) is 0 Å². The monoisotopic (exact) mass is 542 g/mol. The topological polar surface area (TPSA) is 129 Å². The first kappa shape index (κ1) is 27.3. The second-order valence-corrected chi connectivity index (χ2v) is 13.2. The van der Waals surface area contributed by atoms with E-state index in [4.69, 9.17) is 4.74 Å². The number of hydrogen-bond acceptors (Lipinski definition) is 7. The molecule has 36 heavy (non-hydrogen) atoms. The number of aromatic nitrogens is 1. The van der Waals surface area contributed by atoms with Crippen LogP contribution in [0.3, 0.4) is 0 Å². The van der Waals surface area contributed by atoms with E-state index in [1.165, 1.54) is 12.6 Å². The van der Waals surface area contributed by atoms with Gasteiger partial charge in [-0.25, -0.2) is 18.2 Å². The maximum absolute atomic E-state index is 13.5. The molecule has 2 N–H and O–H groups in total. The number of anilines is 1. The van der Waals surface area contributed by atoms with Crippen molar-refractivity contribution in [1.82, 2.24) is 14.2 Å². The molecule has 2 amide bonds. The molecule has 0 aromatic carbocycles. The third-order valence-corrected chi connectivity index (χ3v) is 10.8. The number of carboxylic acid groups (broad SMARTS) is 1. The Hall–Kier alpha value is -1.76. The largest absolute Gasteiger partial charge is 0.480 e. The van der Waals surface area contributed by atoms with Crippen molar-refractivity contribution in [2.45, 2.75) is 112 Å². The number of aliphatic carboxylic acids is 1. The molecular formula is C24H38N4O6S2. The van der Waals surface area contributed by atoms with Gasteiger partial charge in [0.25, 0.3) is 10.0 Å². The van der Waals surface area contributed by atoms with E-state index in [1.807, 2.05) is 4.90 Å². The number of rotatable bonds is 9. The van der Waals surface area contributed by atoms with Crippen molar-refractivity contribution in [3.05, 3.63) is 6.20 Å². The number of sulfonamides is 1. The standard InChI is InChI=1S/C24H38N4O6S2/c1-2-15-34-19-12-10-18(11-13-19)28(17-7-4-3-5-8-17)24(31)26-23-25-16-21(35-23)36(32,33)27-14-6-9-20(27)22(29)30/h16-20H,2-15H2,1H3,(H,29,30)(H,25,26,31)/t18?,19?,20-/m1/s1. The van der Waals surface area contributed by atoms with Gasteiger partial charge in [0, 0.05) is 25.2 Å². The maximum Gasteiger partial charge on any atom is 0.324 e. The van der Waals surface area contributed by atoms with Crippen LogP contribution in [0.2, 0.25) is 0 Å². The Morgan fingerprint density at radius 3 is 2.47 bits per heavy atom. The highest BCUT2D eigenvalue weighted by atomic mass is 32.2. The van der Waals surface area contributed by atoms with E-state index in [9.17, 15) is 23.1 Å². The van der Waals surface area contributed by atoms with Gasteiger partial charge in [-0.05, 0) is 57.8 Å². The second kappa shape index (κ2) is 12.2. The number of amides is 2. The number of nitrogens with zero attached hydrogens (tertiary/aromatic N) is 3. The fourth-order valence-electron chi connectivity index (χ4n) is 5.75. The number of ether oxygens (including phenoxy) is 1. The molecule has 1 aliphatic heterocycles. The van der Waals surface area contributed by atoms with Gasteiger partial charge < -0.3 is 14.7 Å². The van der Waals surface area contributed by atoms with E-state index >= 15 is 0 Å². The SMILES string of the molecule is CCCOC1CCC(N(C(=O)Nc2ncc(S(=O)(=O)N3CCC[C@@H]3C(=O)O)s2)C2CCCCC2)CC1. The molecule has 12 heteroatoms. The van der Waals surface area contributed by atoms with Crippen LogP contribution in [0.4, 0.5) is 9.93 Å². The zero-order chi connectivity index (χ0) is 25.7. The smallest absolute Gasteiger partial charge is 0.324 e. The summed E-state index contributed by atoms with van der Waals surface area (Å²) in [5.41, 5.74) is 0. The highest BCUT2D eigenvalue weighted by molar-refractivity contribution is 7.91. The predicted molar refractivity (Wildman–Crippen MR) is 137 cm³/mol. The minimum Gasteiger partial charge on any atom is -0.480 e. The minimum absolute atomic E-state index is 0.0521. The van der Waals surface area contributed by atoms with Crippen molar-refractivity contribution in [1.29, 1.82) is 0 Å². The van der Waals surface area contributed by atoms with Crippen LogP contribution in [-0.2, 0) is 19.6 Å². The third kappa shape index (κ3) is 6.20. The van der Waals surface area contributed by atoms with Crippen LogP contribution in [0, 0.1) is 0 Å². The Kier molecular flexibility index (Phi) is 9.24. The average molecular weight is 543 g/mol. The van der Waals surface area contributed by atoms with Crippen LogP contribution in [0.1, 0.15) is 84.0 Å². The van der Waals surface area contributed by atoms with Gasteiger partial charge in [-0.15, -0.1) is 0 Å². The van der Waals surface area contributed by atoms with Crippen LogP contribution < -0.4 is 5.32 Å². The summed E-state index contributed by atoms with van der Waals surface area (Å²) in [6, 6.07) is -1.00. The second-order valence-electron chi connectivity index (χ2n) is 10.0. The van der Waals surface area contributed by atoms with Gasteiger partial charge >= 0.3 is 12.0 Å². The van der Waals surface area contributed by atoms with Gasteiger partial charge in [0.1, 0.15) is 6.04 Å². The number of thiazole rings is 1. The maximum atomic E-state index is 13.5. The summed E-state index contributed by atoms with van der Waals surface area (Å²) in [4.78, 5) is 31.2. The van der Waals surface area contributed by atoms with Crippen LogP contribution in [-0.4, -0.2) is 77.1 Å². The Bertz CT molecular complexity index is 1000. The number of nitrogens with one attached hydrogen (secondary N) is 1. The van der Waals surface area contributed by atoms with Gasteiger partial charge in [0.05, 0.1) is 12.3 Å². The molecule has 2 saturated carbocycles. The van der Waals surface area contributed by atoms with Gasteiger partial charge in [-0.1, -0.05) is 37.5 Å². The fraction of sp³-hybridized carbons (Fsp3) is 0.792. The Morgan fingerprint density at radius 1 is 1.11 bits per heavy atom. The molecule has 2 aliphatic carbocycles. The van der Waals surface area contributed by atoms with Gasteiger partial charge in [-0.2, -0.15) is 4.31 Å². The molecule has 2 heterocycles. The number of carboxylic acids is 1. The first-order valence-electron chi connectivity index (χ1n) is 13.2. The molecule has 0 bridgehead atoms. The summed E-state index contributed by atoms with van der Waals surface area (Å²) < 4.78 is 33.1. The summed E-state index contributed by atoms with van der Waals surface area (Å²) in [6.07, 6.45) is 12.2. The lowest BCUT2D eigenvalue weighted by Crippen LogP contribution is -2.51. The Balaban J connectivity index is 1.45. The Morgan fingerprint density at radius 2 is 1.81 bits per heavy atom. The summed E-state index contributed by atoms with van der Waals surface area (Å²) in [6.45, 7) is 3.03. The van der Waals surface area contributed by atoms with E-state index in [2.05, 4.69) is 17.2 Å². The lowest BCUT2D eigenvalue weighted by molar-refractivity contribution is -0.140. The van der Waals surface area contributed by atoms with E-state index in [0.717, 1.165) is 80.0 Å². The predicted octanol–water partition coefficient (Wildman–Crippen LogP) is 4.29. The lowest BCUT2D eigenvalue weighted by Gasteiger charge is -2.42. The van der Waals surface area contributed by atoms with E-state index in [0.29, 0.717) is 12.8 Å². The average Bonchev–Trinajstić information content (AvgIpc) is 3.55. The number of carbonyl (C=O) groups excluding carboxylic acids is 1. The molecule has 3 fully saturated rings. The molecule has 10 nitrogen and oxygen atoms in total. The normalized spacial score (nSPS) is 26.1. The molecule has 1 aromatic heterocycles. The van der Waals surface area contributed by atoms with Crippen LogP contribution in [0.25, 0.3) is 0 Å². The zero-order valence-electron chi connectivity index (χ0n) is 20.9. The molecule has 3 aliphatic rings. The molecule has 4 rings (SSSR count). The van der Waals surface area contributed by atoms with Crippen LogP contribution in [0.15, 0.2) is 10.4 Å². The first-order valence-corrected chi connectivity index (χ1v) is 15.5. The van der Waals surface area contributed by atoms with E-state index in [-0.39, 0.29) is 40.1 Å². The molecular weight excluding hydrogens is 504 g/mol. The summed E-state index contributed by atoms with van der Waals surface area (Å²) in [5, 5.41) is 12.5. The molecule has 0 unspecified atom stereocenters. The quantitative estimate of drug-likeness (QED) is 0.476. The molecule has 0 spiro atoms. The van der Waals surface area contributed by atoms with Crippen molar-refractivity contribution in [3.8, 4) is 0 Å². The van der Waals surface area contributed by atoms with Crippen LogP contribution >= 0.6 is 11.3 Å². The summed E-state index contributed by atoms with van der Waals surface area (Å²) >= 11 is 0.877. The van der Waals surface area contributed by atoms with Crippen molar-refractivity contribution in [2.24, 2.45) is 0 Å². The molecule has 1 aromatic rings. The van der Waals surface area contributed by atoms with E-state index < -0.39 is 22.0 Å². The van der Waals surface area contributed by atoms with Crippen molar-refractivity contribution in [2.75, 3.05) is 18.5 Å². The summed E-state index contributed by atoms with van der Waals surface area (Å²) in [5.74, 6) is -1.15. The van der Waals surface area contributed by atoms with Crippen molar-refractivity contribution < 1.29 is 27.9 Å². The lowest BCUT2D eigenvalue weighted by atomic mass is 9.88. The number of hydrogen-bond donors (Lipinski definition) is 2. The Labute approximate surface area is 217 Å². The van der Waals surface area contributed by atoms with Crippen molar-refractivity contribution in [3.63, 3.8) is 0 Å². The number of carbonyl (C=O) groups is 2. The molecule has 0 radical (unpaired) electrons. The van der Waals surface area contributed by atoms with Gasteiger partial charge in [-0.3, -0.25) is 10.1 Å². The third-order valence-electron chi connectivity index (χ3n) is 7.55. The van der Waals surface area contributed by atoms with Crippen molar-refractivity contribution >= 4 is 38.5 Å². The first-order chi connectivity index (χ1) is 17.3. The fourth-order valence-corrected chi connectivity index (χ4v) is 8.55. The van der Waals surface area contributed by atoms with E-state index in [1.54, 1.807) is 0 Å². The highest BCUT2D eigenvalue weighted by Crippen LogP contribution is 2.34. The van der Waals surface area contributed by atoms with Gasteiger partial charge in [0.15, 0.2) is 9.34 Å². The molecule has 1 atom stereocenters. The molecule has 1 saturated heterocycles.